The molecule has 11 heteroatoms. The highest BCUT2D eigenvalue weighted by atomic mass is 35.5. The minimum atomic E-state index is -0.958. The van der Waals surface area contributed by atoms with Gasteiger partial charge >= 0.3 is 0 Å². The molecule has 0 aliphatic carbocycles. The molecule has 3 amide bonds. The molecule has 170 valence electrons. The molecule has 0 saturated carbocycles. The zero-order chi connectivity index (χ0) is 23.8. The van der Waals surface area contributed by atoms with E-state index in [2.05, 4.69) is 10.6 Å². The molecule has 2 aromatic carbocycles. The summed E-state index contributed by atoms with van der Waals surface area (Å²) in [7, 11) is 0. The Hall–Kier alpha value is -3.17. The summed E-state index contributed by atoms with van der Waals surface area (Å²) in [6.45, 7) is 3.37. The molecule has 0 aromatic heterocycles. The highest BCUT2D eigenvalue weighted by Crippen LogP contribution is 2.25. The lowest BCUT2D eigenvalue weighted by atomic mass is 10.1. The number of nitro benzene ring substituents is 1. The number of nitro groups is 1. The van der Waals surface area contributed by atoms with Crippen molar-refractivity contribution < 1.29 is 19.3 Å². The Bertz CT molecular complexity index is 1030. The Morgan fingerprint density at radius 2 is 1.88 bits per heavy atom. The Morgan fingerprint density at radius 3 is 2.50 bits per heavy atom. The van der Waals surface area contributed by atoms with Crippen LogP contribution in [-0.4, -0.2) is 46.7 Å². The van der Waals surface area contributed by atoms with Gasteiger partial charge in [0.25, 0.3) is 11.6 Å². The lowest BCUT2D eigenvalue weighted by Crippen LogP contribution is -2.49. The topological polar surface area (TPSA) is 122 Å². The molecule has 0 heterocycles. The molecule has 2 aromatic rings. The number of halogens is 2. The van der Waals surface area contributed by atoms with Crippen LogP contribution >= 0.6 is 23.2 Å². The van der Waals surface area contributed by atoms with E-state index in [1.165, 1.54) is 36.1 Å². The fourth-order valence-electron chi connectivity index (χ4n) is 2.87. The van der Waals surface area contributed by atoms with Crippen molar-refractivity contribution in [1.82, 2.24) is 10.2 Å². The Morgan fingerprint density at radius 1 is 1.16 bits per heavy atom. The van der Waals surface area contributed by atoms with Crippen LogP contribution in [0.4, 0.5) is 11.4 Å². The van der Waals surface area contributed by atoms with Crippen molar-refractivity contribution in [1.29, 1.82) is 0 Å². The fourth-order valence-corrected chi connectivity index (χ4v) is 3.32. The molecule has 1 atom stereocenters. The number of nitrogens with zero attached hydrogens (tertiary/aromatic N) is 2. The summed E-state index contributed by atoms with van der Waals surface area (Å²) >= 11 is 11.9. The monoisotopic (exact) mass is 480 g/mol. The molecule has 0 spiro atoms. The number of anilines is 1. The number of rotatable bonds is 9. The van der Waals surface area contributed by atoms with Crippen molar-refractivity contribution in [2.75, 3.05) is 18.4 Å². The van der Waals surface area contributed by atoms with Gasteiger partial charge in [-0.25, -0.2) is 0 Å². The van der Waals surface area contributed by atoms with Gasteiger partial charge in [0.05, 0.1) is 22.2 Å². The normalized spacial score (nSPS) is 11.4. The molecule has 0 aliphatic rings. The largest absolute Gasteiger partial charge is 0.341 e. The molecule has 1 unspecified atom stereocenters. The number of hydrogen-bond donors (Lipinski definition) is 2. The van der Waals surface area contributed by atoms with Crippen molar-refractivity contribution in [3.05, 3.63) is 68.2 Å². The lowest BCUT2D eigenvalue weighted by molar-refractivity contribution is -0.384. The second-order valence-corrected chi connectivity index (χ2v) is 7.78. The van der Waals surface area contributed by atoms with Crippen LogP contribution in [0.15, 0.2) is 42.5 Å². The Kier molecular flexibility index (Phi) is 8.98. The summed E-state index contributed by atoms with van der Waals surface area (Å²) in [5, 5.41) is 16.7. The zero-order valence-electron chi connectivity index (χ0n) is 17.4. The summed E-state index contributed by atoms with van der Waals surface area (Å²) in [6, 6.07) is 8.83. The van der Waals surface area contributed by atoms with Crippen LogP contribution in [-0.2, 0) is 9.59 Å². The molecule has 0 bridgehead atoms. The van der Waals surface area contributed by atoms with E-state index in [-0.39, 0.29) is 29.4 Å². The molecule has 0 radical (unpaired) electrons. The lowest BCUT2D eigenvalue weighted by Gasteiger charge is -2.25. The molecular formula is C21H22Cl2N4O5. The summed E-state index contributed by atoms with van der Waals surface area (Å²) < 4.78 is 0. The van der Waals surface area contributed by atoms with Crippen LogP contribution in [0.25, 0.3) is 0 Å². The number of non-ortho nitro benzene ring substituents is 1. The van der Waals surface area contributed by atoms with Crippen LogP contribution in [0, 0.1) is 10.1 Å². The van der Waals surface area contributed by atoms with Gasteiger partial charge in [0.15, 0.2) is 0 Å². The predicted molar refractivity (Wildman–Crippen MR) is 122 cm³/mol. The van der Waals surface area contributed by atoms with Crippen molar-refractivity contribution in [2.24, 2.45) is 0 Å². The van der Waals surface area contributed by atoms with Gasteiger partial charge in [-0.3, -0.25) is 24.5 Å². The van der Waals surface area contributed by atoms with Crippen LogP contribution < -0.4 is 10.6 Å². The second kappa shape index (κ2) is 11.4. The second-order valence-electron chi connectivity index (χ2n) is 6.93. The maximum absolute atomic E-state index is 12.9. The first-order valence-electron chi connectivity index (χ1n) is 9.71. The van der Waals surface area contributed by atoms with Crippen molar-refractivity contribution in [2.45, 2.75) is 26.3 Å². The van der Waals surface area contributed by atoms with Gasteiger partial charge in [-0.1, -0.05) is 36.2 Å². The average molecular weight is 481 g/mol. The van der Waals surface area contributed by atoms with Gasteiger partial charge in [-0.2, -0.15) is 0 Å². The Labute approximate surface area is 194 Å². The third-order valence-electron chi connectivity index (χ3n) is 4.38. The van der Waals surface area contributed by atoms with E-state index >= 15 is 0 Å². The molecule has 0 saturated heterocycles. The van der Waals surface area contributed by atoms with Crippen molar-refractivity contribution in [3.8, 4) is 0 Å². The van der Waals surface area contributed by atoms with E-state index in [1.807, 2.05) is 6.92 Å². The summed E-state index contributed by atoms with van der Waals surface area (Å²) in [4.78, 5) is 49.4. The van der Waals surface area contributed by atoms with Gasteiger partial charge in [-0.15, -0.1) is 0 Å². The highest BCUT2D eigenvalue weighted by Gasteiger charge is 2.24. The average Bonchev–Trinajstić information content (AvgIpc) is 2.74. The first-order valence-corrected chi connectivity index (χ1v) is 10.5. The molecule has 2 rings (SSSR count). The third kappa shape index (κ3) is 6.93. The van der Waals surface area contributed by atoms with E-state index in [4.69, 9.17) is 23.2 Å². The maximum atomic E-state index is 12.9. The van der Waals surface area contributed by atoms with Gasteiger partial charge < -0.3 is 15.5 Å². The number of hydrogen-bond acceptors (Lipinski definition) is 5. The van der Waals surface area contributed by atoms with E-state index in [9.17, 15) is 24.5 Å². The van der Waals surface area contributed by atoms with Gasteiger partial charge in [0.1, 0.15) is 6.04 Å². The fraction of sp³-hybridized carbons (Fsp3) is 0.286. The van der Waals surface area contributed by atoms with Crippen LogP contribution in [0.5, 0.6) is 0 Å². The molecule has 9 nitrogen and oxygen atoms in total. The molecule has 0 fully saturated rings. The van der Waals surface area contributed by atoms with Crippen LogP contribution in [0.3, 0.4) is 0 Å². The van der Waals surface area contributed by atoms with Gasteiger partial charge in [-0.05, 0) is 37.6 Å². The summed E-state index contributed by atoms with van der Waals surface area (Å²) in [5.41, 5.74) is 0.176. The maximum Gasteiger partial charge on any atom is 0.270 e. The third-order valence-corrected chi connectivity index (χ3v) is 4.93. The number of carbonyl (C=O) groups excluding carboxylic acids is 3. The van der Waals surface area contributed by atoms with E-state index < -0.39 is 28.7 Å². The van der Waals surface area contributed by atoms with E-state index in [0.717, 1.165) is 6.07 Å². The smallest absolute Gasteiger partial charge is 0.270 e. The molecular weight excluding hydrogens is 459 g/mol. The van der Waals surface area contributed by atoms with Crippen molar-refractivity contribution in [3.63, 3.8) is 0 Å². The van der Waals surface area contributed by atoms with E-state index in [1.54, 1.807) is 12.1 Å². The first kappa shape index (κ1) is 25.1. The highest BCUT2D eigenvalue weighted by molar-refractivity contribution is 6.36. The van der Waals surface area contributed by atoms with Gasteiger partial charge in [0.2, 0.25) is 11.8 Å². The predicted octanol–water partition coefficient (Wildman–Crippen LogP) is 3.90. The molecule has 0 aliphatic heterocycles. The zero-order valence-corrected chi connectivity index (χ0v) is 18.9. The number of nitrogens with one attached hydrogen (secondary N) is 2. The quantitative estimate of drug-likeness (QED) is 0.416. The number of amides is 3. The van der Waals surface area contributed by atoms with Crippen LogP contribution in [0.1, 0.15) is 30.6 Å². The Balaban J connectivity index is 2.04. The SMILES string of the molecule is CCCN(CC(=O)Nc1ccc(Cl)cc1Cl)C(=O)C(C)NC(=O)c1cccc([N+](=O)[O-])c1. The van der Waals surface area contributed by atoms with Gasteiger partial charge in [0, 0.05) is 29.3 Å². The number of carbonyl (C=O) groups is 3. The summed E-state index contributed by atoms with van der Waals surface area (Å²) in [6.07, 6.45) is 0.590. The van der Waals surface area contributed by atoms with E-state index in [0.29, 0.717) is 17.1 Å². The van der Waals surface area contributed by atoms with Crippen molar-refractivity contribution >= 4 is 52.3 Å². The molecule has 2 N–H and O–H groups in total. The number of benzene rings is 2. The molecule has 32 heavy (non-hydrogen) atoms. The minimum Gasteiger partial charge on any atom is -0.341 e. The minimum absolute atomic E-state index is 0.0519. The summed E-state index contributed by atoms with van der Waals surface area (Å²) in [5.74, 6) is -1.57. The van der Waals surface area contributed by atoms with Crippen LogP contribution in [0.2, 0.25) is 10.0 Å². The standard InChI is InChI=1S/C21H22Cl2N4O5/c1-3-9-26(12-19(28)25-18-8-7-15(22)11-17(18)23)21(30)13(2)24-20(29)14-5-4-6-16(10-14)27(31)32/h4-8,10-11,13H,3,9,12H2,1-2H3,(H,24,29)(H,25,28). The first-order chi connectivity index (χ1) is 15.1.